The highest BCUT2D eigenvalue weighted by molar-refractivity contribution is 7.89. The van der Waals surface area contributed by atoms with Crippen molar-refractivity contribution in [2.45, 2.75) is 38.1 Å². The van der Waals surface area contributed by atoms with Crippen molar-refractivity contribution in [1.82, 2.24) is 14.3 Å². The van der Waals surface area contributed by atoms with Crippen LogP contribution in [0.2, 0.25) is 0 Å². The normalized spacial score (nSPS) is 12.3. The Morgan fingerprint density at radius 1 is 1.17 bits per heavy atom. The second-order valence-electron chi connectivity index (χ2n) is 7.53. The summed E-state index contributed by atoms with van der Waals surface area (Å²) in [5, 5.41) is 2.63. The maximum absolute atomic E-state index is 14.3. The zero-order valence-corrected chi connectivity index (χ0v) is 17.5. The van der Waals surface area contributed by atoms with Crippen LogP contribution in [0.15, 0.2) is 47.4 Å². The molecule has 0 saturated carbocycles. The Balaban J connectivity index is 2.04. The van der Waals surface area contributed by atoms with Gasteiger partial charge in [0.15, 0.2) is 0 Å². The summed E-state index contributed by atoms with van der Waals surface area (Å²) in [5.41, 5.74) is 0.713. The number of benzene rings is 2. The number of nitrogens with one attached hydrogen (secondary N) is 2. The van der Waals surface area contributed by atoms with E-state index in [1.54, 1.807) is 6.92 Å². The Morgan fingerprint density at radius 3 is 2.52 bits per heavy atom. The van der Waals surface area contributed by atoms with Crippen LogP contribution in [-0.4, -0.2) is 30.4 Å². The van der Waals surface area contributed by atoms with Gasteiger partial charge in [-0.15, -0.1) is 0 Å². The Labute approximate surface area is 169 Å². The van der Waals surface area contributed by atoms with Crippen LogP contribution in [0.25, 0.3) is 11.0 Å². The standard InChI is InChI=1S/C20H23FN4O3S/c1-5-22-29(27,28)13-10-11-15(21)14(12-13)18(26)24-19-23-16-8-6-7-9-17(16)25(19)20(2,3)4/h6-12,22H,5H2,1-4H3,(H,23,24,26). The summed E-state index contributed by atoms with van der Waals surface area (Å²) in [6, 6.07) is 10.5. The minimum absolute atomic E-state index is 0.177. The summed E-state index contributed by atoms with van der Waals surface area (Å²) in [5.74, 6) is -1.35. The molecule has 0 unspecified atom stereocenters. The van der Waals surface area contributed by atoms with Gasteiger partial charge in [-0.25, -0.2) is 22.5 Å². The van der Waals surface area contributed by atoms with Crippen LogP contribution in [0.4, 0.5) is 10.3 Å². The van der Waals surface area contributed by atoms with E-state index in [1.807, 2.05) is 49.6 Å². The molecule has 0 aliphatic rings. The molecule has 0 aliphatic carbocycles. The first-order chi connectivity index (χ1) is 13.5. The topological polar surface area (TPSA) is 93.1 Å². The number of hydrogen-bond acceptors (Lipinski definition) is 4. The van der Waals surface area contributed by atoms with Gasteiger partial charge in [-0.1, -0.05) is 19.1 Å². The van der Waals surface area contributed by atoms with Crippen molar-refractivity contribution in [2.75, 3.05) is 11.9 Å². The fourth-order valence-corrected chi connectivity index (χ4v) is 4.14. The van der Waals surface area contributed by atoms with Crippen LogP contribution >= 0.6 is 0 Å². The van der Waals surface area contributed by atoms with Crippen molar-refractivity contribution < 1.29 is 17.6 Å². The number of sulfonamides is 1. The summed E-state index contributed by atoms with van der Waals surface area (Å²) in [4.78, 5) is 17.1. The summed E-state index contributed by atoms with van der Waals surface area (Å²) in [6.07, 6.45) is 0. The number of carbonyl (C=O) groups is 1. The molecule has 154 valence electrons. The fourth-order valence-electron chi connectivity index (χ4n) is 3.08. The molecule has 7 nitrogen and oxygen atoms in total. The monoisotopic (exact) mass is 418 g/mol. The number of carbonyl (C=O) groups excluding carboxylic acids is 1. The molecule has 2 N–H and O–H groups in total. The van der Waals surface area contributed by atoms with E-state index in [4.69, 9.17) is 0 Å². The van der Waals surface area contributed by atoms with Gasteiger partial charge in [0.05, 0.1) is 21.5 Å². The summed E-state index contributed by atoms with van der Waals surface area (Å²) < 4.78 is 42.9. The molecule has 3 rings (SSSR count). The Morgan fingerprint density at radius 2 is 1.86 bits per heavy atom. The summed E-state index contributed by atoms with van der Waals surface area (Å²) in [7, 11) is -3.83. The van der Waals surface area contributed by atoms with E-state index in [0.29, 0.717) is 5.52 Å². The molecule has 0 atom stereocenters. The van der Waals surface area contributed by atoms with Crippen LogP contribution in [0.3, 0.4) is 0 Å². The third kappa shape index (κ3) is 4.15. The third-order valence-corrected chi connectivity index (χ3v) is 5.83. The molecule has 2 aromatic carbocycles. The number of hydrogen-bond donors (Lipinski definition) is 2. The highest BCUT2D eigenvalue weighted by Gasteiger charge is 2.24. The summed E-state index contributed by atoms with van der Waals surface area (Å²) >= 11 is 0. The van der Waals surface area contributed by atoms with Gasteiger partial charge in [0.2, 0.25) is 16.0 Å². The zero-order chi connectivity index (χ0) is 21.4. The van der Waals surface area contributed by atoms with E-state index < -0.39 is 27.3 Å². The maximum atomic E-state index is 14.3. The number of amides is 1. The van der Waals surface area contributed by atoms with Crippen LogP contribution in [0.5, 0.6) is 0 Å². The molecule has 0 radical (unpaired) electrons. The number of imidazole rings is 1. The van der Waals surface area contributed by atoms with Crippen molar-refractivity contribution in [1.29, 1.82) is 0 Å². The minimum Gasteiger partial charge on any atom is -0.305 e. The van der Waals surface area contributed by atoms with E-state index in [9.17, 15) is 17.6 Å². The SMILES string of the molecule is CCNS(=O)(=O)c1ccc(F)c(C(=O)Nc2nc3ccccc3n2C(C)(C)C)c1. The lowest BCUT2D eigenvalue weighted by molar-refractivity contribution is 0.102. The van der Waals surface area contributed by atoms with Gasteiger partial charge >= 0.3 is 0 Å². The van der Waals surface area contributed by atoms with Gasteiger partial charge < -0.3 is 4.57 Å². The largest absolute Gasteiger partial charge is 0.305 e. The van der Waals surface area contributed by atoms with Crippen LogP contribution < -0.4 is 10.0 Å². The van der Waals surface area contributed by atoms with E-state index in [0.717, 1.165) is 23.7 Å². The molecule has 1 aromatic heterocycles. The number of rotatable bonds is 5. The molecule has 1 amide bonds. The number of aromatic nitrogens is 2. The number of para-hydroxylation sites is 2. The fraction of sp³-hybridized carbons (Fsp3) is 0.300. The summed E-state index contributed by atoms with van der Waals surface area (Å²) in [6.45, 7) is 7.69. The second kappa shape index (κ2) is 7.57. The third-order valence-electron chi connectivity index (χ3n) is 4.28. The van der Waals surface area contributed by atoms with Gasteiger partial charge in [0.25, 0.3) is 5.91 Å². The lowest BCUT2D eigenvalue weighted by atomic mass is 10.1. The zero-order valence-electron chi connectivity index (χ0n) is 16.7. The Bertz CT molecular complexity index is 1180. The molecule has 0 fully saturated rings. The number of fused-ring (bicyclic) bond motifs is 1. The van der Waals surface area contributed by atoms with Crippen LogP contribution in [0.1, 0.15) is 38.1 Å². The van der Waals surface area contributed by atoms with Crippen molar-refractivity contribution >= 4 is 32.9 Å². The molecule has 3 aromatic rings. The van der Waals surface area contributed by atoms with Crippen molar-refractivity contribution in [3.8, 4) is 0 Å². The predicted molar refractivity (Wildman–Crippen MR) is 110 cm³/mol. The molecule has 0 spiro atoms. The Kier molecular flexibility index (Phi) is 5.46. The van der Waals surface area contributed by atoms with Crippen LogP contribution in [-0.2, 0) is 15.6 Å². The molecule has 0 saturated heterocycles. The van der Waals surface area contributed by atoms with Gasteiger partial charge in [-0.3, -0.25) is 10.1 Å². The molecule has 29 heavy (non-hydrogen) atoms. The maximum Gasteiger partial charge on any atom is 0.260 e. The molecule has 1 heterocycles. The van der Waals surface area contributed by atoms with Gasteiger partial charge in [-0.2, -0.15) is 0 Å². The quantitative estimate of drug-likeness (QED) is 0.663. The lowest BCUT2D eigenvalue weighted by Gasteiger charge is -2.24. The van der Waals surface area contributed by atoms with Crippen molar-refractivity contribution in [3.63, 3.8) is 0 Å². The predicted octanol–water partition coefficient (Wildman–Crippen LogP) is 3.48. The Hall–Kier alpha value is -2.78. The molecule has 0 bridgehead atoms. The highest BCUT2D eigenvalue weighted by Crippen LogP contribution is 2.28. The second-order valence-corrected chi connectivity index (χ2v) is 9.29. The smallest absolute Gasteiger partial charge is 0.260 e. The lowest BCUT2D eigenvalue weighted by Crippen LogP contribution is -2.27. The van der Waals surface area contributed by atoms with Crippen LogP contribution in [0, 0.1) is 5.82 Å². The first kappa shape index (κ1) is 20.9. The molecule has 0 aliphatic heterocycles. The number of nitrogens with zero attached hydrogens (tertiary/aromatic N) is 2. The van der Waals surface area contributed by atoms with E-state index in [2.05, 4.69) is 15.0 Å². The van der Waals surface area contributed by atoms with E-state index in [1.165, 1.54) is 0 Å². The van der Waals surface area contributed by atoms with E-state index in [-0.39, 0.29) is 23.0 Å². The first-order valence-electron chi connectivity index (χ1n) is 9.13. The van der Waals surface area contributed by atoms with Gasteiger partial charge in [0.1, 0.15) is 5.82 Å². The van der Waals surface area contributed by atoms with E-state index >= 15 is 0 Å². The molecule has 9 heteroatoms. The van der Waals surface area contributed by atoms with Gasteiger partial charge in [0, 0.05) is 12.1 Å². The number of anilines is 1. The first-order valence-corrected chi connectivity index (χ1v) is 10.6. The minimum atomic E-state index is -3.83. The van der Waals surface area contributed by atoms with Gasteiger partial charge in [-0.05, 0) is 51.1 Å². The highest BCUT2D eigenvalue weighted by atomic mass is 32.2. The average molecular weight is 418 g/mol. The number of halogens is 1. The molecular weight excluding hydrogens is 395 g/mol. The van der Waals surface area contributed by atoms with Crippen molar-refractivity contribution in [3.05, 3.63) is 53.8 Å². The molecular formula is C20H23FN4O3S. The average Bonchev–Trinajstić information content (AvgIpc) is 2.99. The van der Waals surface area contributed by atoms with Crippen molar-refractivity contribution in [2.24, 2.45) is 0 Å².